The Labute approximate surface area is 216 Å². The van der Waals surface area contributed by atoms with Gasteiger partial charge in [-0.05, 0) is 48.1 Å². The van der Waals surface area contributed by atoms with Gasteiger partial charge in [0.1, 0.15) is 11.4 Å². The van der Waals surface area contributed by atoms with E-state index >= 15 is 0 Å². The number of nitrogens with two attached hydrogens (primary N) is 2. The average molecular weight is 500 g/mol. The zero-order chi connectivity index (χ0) is 25.8. The third-order valence-corrected chi connectivity index (χ3v) is 7.22. The molecule has 1 aromatic heterocycles. The SMILES string of the molecule is NC(=O)c1cnc(N[C@@H]2CCCC[C@@H]2N)nc1Nc1ccc2c(c1)CN(C(=O)Cc1ccccc1)CC2. The molecule has 1 aliphatic carbocycles. The molecule has 2 aromatic carbocycles. The molecule has 2 heterocycles. The molecule has 1 aliphatic heterocycles. The van der Waals surface area contributed by atoms with Crippen molar-refractivity contribution in [2.45, 2.75) is 57.2 Å². The Morgan fingerprint density at radius 2 is 1.86 bits per heavy atom. The highest BCUT2D eigenvalue weighted by Crippen LogP contribution is 2.27. The first-order valence-electron chi connectivity index (χ1n) is 12.9. The van der Waals surface area contributed by atoms with E-state index in [1.54, 1.807) is 0 Å². The summed E-state index contributed by atoms with van der Waals surface area (Å²) in [6.07, 6.45) is 6.77. The summed E-state index contributed by atoms with van der Waals surface area (Å²) in [6, 6.07) is 15.9. The van der Waals surface area contributed by atoms with E-state index in [0.717, 1.165) is 48.9 Å². The molecule has 2 aliphatic rings. The average Bonchev–Trinajstić information content (AvgIpc) is 2.90. The van der Waals surface area contributed by atoms with E-state index in [2.05, 4.69) is 26.7 Å². The predicted molar refractivity (Wildman–Crippen MR) is 143 cm³/mol. The lowest BCUT2D eigenvalue weighted by Gasteiger charge is -2.30. The highest BCUT2D eigenvalue weighted by molar-refractivity contribution is 5.98. The third kappa shape index (κ3) is 5.89. The third-order valence-electron chi connectivity index (χ3n) is 7.22. The van der Waals surface area contributed by atoms with Crippen LogP contribution in [-0.2, 0) is 24.2 Å². The lowest BCUT2D eigenvalue weighted by Crippen LogP contribution is -2.43. The molecule has 37 heavy (non-hydrogen) atoms. The van der Waals surface area contributed by atoms with Gasteiger partial charge in [-0.1, -0.05) is 49.2 Å². The molecule has 3 aromatic rings. The molecule has 5 rings (SSSR count). The van der Waals surface area contributed by atoms with Gasteiger partial charge in [-0.25, -0.2) is 4.98 Å². The number of anilines is 3. The highest BCUT2D eigenvalue weighted by atomic mass is 16.2. The molecule has 192 valence electrons. The topological polar surface area (TPSA) is 139 Å². The second-order valence-electron chi connectivity index (χ2n) is 9.86. The molecule has 1 saturated carbocycles. The van der Waals surface area contributed by atoms with E-state index in [-0.39, 0.29) is 23.6 Å². The molecular weight excluding hydrogens is 466 g/mol. The summed E-state index contributed by atoms with van der Waals surface area (Å²) >= 11 is 0. The van der Waals surface area contributed by atoms with Gasteiger partial charge in [0, 0.05) is 37.1 Å². The molecule has 9 heteroatoms. The number of carbonyl (C=O) groups is 2. The number of amides is 2. The van der Waals surface area contributed by atoms with Gasteiger partial charge >= 0.3 is 0 Å². The Bertz CT molecular complexity index is 1280. The van der Waals surface area contributed by atoms with Crippen molar-refractivity contribution >= 4 is 29.3 Å². The Morgan fingerprint density at radius 3 is 2.65 bits per heavy atom. The van der Waals surface area contributed by atoms with Crippen LogP contribution >= 0.6 is 0 Å². The zero-order valence-corrected chi connectivity index (χ0v) is 20.8. The molecule has 2 atom stereocenters. The van der Waals surface area contributed by atoms with Gasteiger partial charge < -0.3 is 27.0 Å². The molecule has 0 spiro atoms. The fourth-order valence-electron chi connectivity index (χ4n) is 5.10. The molecule has 0 saturated heterocycles. The molecule has 1 fully saturated rings. The Morgan fingerprint density at radius 1 is 1.05 bits per heavy atom. The number of fused-ring (bicyclic) bond motifs is 1. The molecular formula is C28H33N7O2. The number of carbonyl (C=O) groups excluding carboxylic acids is 2. The van der Waals surface area contributed by atoms with Crippen molar-refractivity contribution in [3.05, 3.63) is 77.0 Å². The first kappa shape index (κ1) is 24.7. The first-order valence-corrected chi connectivity index (χ1v) is 12.9. The van der Waals surface area contributed by atoms with Crippen molar-refractivity contribution in [2.24, 2.45) is 11.5 Å². The van der Waals surface area contributed by atoms with Gasteiger partial charge in [0.15, 0.2) is 0 Å². The van der Waals surface area contributed by atoms with E-state index in [4.69, 9.17) is 11.5 Å². The van der Waals surface area contributed by atoms with E-state index < -0.39 is 5.91 Å². The molecule has 0 bridgehead atoms. The van der Waals surface area contributed by atoms with Gasteiger partial charge in [-0.2, -0.15) is 4.98 Å². The standard InChI is InChI=1S/C28H33N7O2/c29-23-8-4-5-9-24(23)33-28-31-16-22(26(30)37)27(34-28)32-21-11-10-19-12-13-35(17-20(19)15-21)25(36)14-18-6-2-1-3-7-18/h1-3,6-7,10-11,15-16,23-24H,4-5,8-9,12-14,17,29H2,(H2,30,37)(H2,31,32,33,34)/t23-,24+/m0/s1. The number of nitrogens with zero attached hydrogens (tertiary/aromatic N) is 3. The van der Waals surface area contributed by atoms with Gasteiger partial charge in [-0.15, -0.1) is 0 Å². The summed E-state index contributed by atoms with van der Waals surface area (Å²) in [5.41, 5.74) is 16.1. The first-order chi connectivity index (χ1) is 18.0. The van der Waals surface area contributed by atoms with Gasteiger partial charge in [0.2, 0.25) is 11.9 Å². The molecule has 6 N–H and O–H groups in total. The van der Waals surface area contributed by atoms with Crippen molar-refractivity contribution in [1.29, 1.82) is 0 Å². The highest BCUT2D eigenvalue weighted by Gasteiger charge is 2.24. The number of nitrogens with one attached hydrogen (secondary N) is 2. The maximum absolute atomic E-state index is 12.9. The number of benzene rings is 2. The zero-order valence-electron chi connectivity index (χ0n) is 20.8. The van der Waals surface area contributed by atoms with Crippen LogP contribution in [0.5, 0.6) is 0 Å². The van der Waals surface area contributed by atoms with Crippen molar-refractivity contribution < 1.29 is 9.59 Å². The van der Waals surface area contributed by atoms with Crippen LogP contribution < -0.4 is 22.1 Å². The van der Waals surface area contributed by atoms with Crippen LogP contribution in [0.15, 0.2) is 54.7 Å². The van der Waals surface area contributed by atoms with Crippen molar-refractivity contribution in [3.63, 3.8) is 0 Å². The Hall–Kier alpha value is -3.98. The van der Waals surface area contributed by atoms with Crippen molar-refractivity contribution in [2.75, 3.05) is 17.2 Å². The van der Waals surface area contributed by atoms with Crippen LogP contribution in [0.1, 0.15) is 52.7 Å². The van der Waals surface area contributed by atoms with E-state index in [0.29, 0.717) is 31.3 Å². The molecule has 0 unspecified atom stereocenters. The van der Waals surface area contributed by atoms with Crippen LogP contribution in [0, 0.1) is 0 Å². The van der Waals surface area contributed by atoms with Gasteiger partial charge in [0.25, 0.3) is 5.91 Å². The quantitative estimate of drug-likeness (QED) is 0.392. The maximum Gasteiger partial charge on any atom is 0.254 e. The van der Waals surface area contributed by atoms with Crippen LogP contribution in [0.25, 0.3) is 0 Å². The smallest absolute Gasteiger partial charge is 0.254 e. The Balaban J connectivity index is 1.32. The van der Waals surface area contributed by atoms with Crippen molar-refractivity contribution in [1.82, 2.24) is 14.9 Å². The Kier molecular flexibility index (Phi) is 7.32. The minimum atomic E-state index is -0.612. The fourth-order valence-corrected chi connectivity index (χ4v) is 5.10. The van der Waals surface area contributed by atoms with Crippen LogP contribution in [0.2, 0.25) is 0 Å². The van der Waals surface area contributed by atoms with Crippen LogP contribution in [0.4, 0.5) is 17.5 Å². The largest absolute Gasteiger partial charge is 0.365 e. The second kappa shape index (κ2) is 11.0. The number of hydrogen-bond acceptors (Lipinski definition) is 7. The normalized spacial score (nSPS) is 19.1. The number of primary amides is 1. The maximum atomic E-state index is 12.9. The minimum Gasteiger partial charge on any atom is -0.365 e. The summed E-state index contributed by atoms with van der Waals surface area (Å²) in [7, 11) is 0. The minimum absolute atomic E-state index is 0.0396. The summed E-state index contributed by atoms with van der Waals surface area (Å²) in [6.45, 7) is 1.23. The summed E-state index contributed by atoms with van der Waals surface area (Å²) in [4.78, 5) is 35.8. The molecule has 0 radical (unpaired) electrons. The van der Waals surface area contributed by atoms with E-state index in [1.165, 1.54) is 11.8 Å². The van der Waals surface area contributed by atoms with Gasteiger partial charge in [-0.3, -0.25) is 9.59 Å². The lowest BCUT2D eigenvalue weighted by atomic mass is 9.91. The number of hydrogen-bond donors (Lipinski definition) is 4. The van der Waals surface area contributed by atoms with Gasteiger partial charge in [0.05, 0.1) is 6.42 Å². The summed E-state index contributed by atoms with van der Waals surface area (Å²) in [5.74, 6) is 0.241. The molecule has 2 amide bonds. The monoisotopic (exact) mass is 499 g/mol. The second-order valence-corrected chi connectivity index (χ2v) is 9.86. The fraction of sp³-hybridized carbons (Fsp3) is 0.357. The summed E-state index contributed by atoms with van der Waals surface area (Å²) < 4.78 is 0. The summed E-state index contributed by atoms with van der Waals surface area (Å²) in [5, 5.41) is 6.58. The molecule has 9 nitrogen and oxygen atoms in total. The van der Waals surface area contributed by atoms with E-state index in [9.17, 15) is 9.59 Å². The van der Waals surface area contributed by atoms with Crippen LogP contribution in [0.3, 0.4) is 0 Å². The van der Waals surface area contributed by atoms with E-state index in [1.807, 2.05) is 47.4 Å². The number of aromatic nitrogens is 2. The lowest BCUT2D eigenvalue weighted by molar-refractivity contribution is -0.131. The number of rotatable bonds is 7. The predicted octanol–water partition coefficient (Wildman–Crippen LogP) is 3.13. The van der Waals surface area contributed by atoms with Crippen LogP contribution in [-0.4, -0.2) is 45.3 Å². The van der Waals surface area contributed by atoms with Crippen molar-refractivity contribution in [3.8, 4) is 0 Å².